The second-order valence-electron chi connectivity index (χ2n) is 8.17. The van der Waals surface area contributed by atoms with Crippen LogP contribution in [0.4, 0.5) is 5.69 Å². The van der Waals surface area contributed by atoms with Crippen molar-refractivity contribution in [1.82, 2.24) is 34.2 Å². The van der Waals surface area contributed by atoms with E-state index in [1.807, 2.05) is 13.1 Å². The van der Waals surface area contributed by atoms with Gasteiger partial charge in [0.15, 0.2) is 17.0 Å². The van der Waals surface area contributed by atoms with Crippen LogP contribution in [0, 0.1) is 18.8 Å². The molecular weight excluding hydrogens is 384 g/mol. The Bertz CT molecular complexity index is 1310. The molecular formula is C20H20N8O2. The lowest BCUT2D eigenvalue weighted by molar-refractivity contribution is 0.363. The third-order valence-corrected chi connectivity index (χ3v) is 6.23. The molecule has 10 heteroatoms. The topological polar surface area (TPSA) is 108 Å². The van der Waals surface area contributed by atoms with Gasteiger partial charge in [0.2, 0.25) is 5.89 Å². The molecule has 0 radical (unpaired) electrons. The molecule has 1 unspecified atom stereocenters. The number of anilines is 1. The lowest BCUT2D eigenvalue weighted by Crippen LogP contribution is -2.24. The van der Waals surface area contributed by atoms with Crippen LogP contribution in [0.2, 0.25) is 0 Å². The Labute approximate surface area is 171 Å². The third-order valence-electron chi connectivity index (χ3n) is 6.23. The number of hydrogen-bond acceptors (Lipinski definition) is 8. The molecule has 1 aliphatic carbocycles. The van der Waals surface area contributed by atoms with Gasteiger partial charge in [-0.3, -0.25) is 14.3 Å². The molecule has 4 aromatic rings. The van der Waals surface area contributed by atoms with Gasteiger partial charge in [-0.25, -0.2) is 9.97 Å². The van der Waals surface area contributed by atoms with Gasteiger partial charge in [0.05, 0.1) is 6.33 Å². The van der Waals surface area contributed by atoms with E-state index in [9.17, 15) is 4.79 Å². The highest BCUT2D eigenvalue weighted by molar-refractivity contribution is 5.68. The van der Waals surface area contributed by atoms with Gasteiger partial charge in [0.25, 0.3) is 5.56 Å². The monoisotopic (exact) mass is 404 g/mol. The average molecular weight is 404 g/mol. The van der Waals surface area contributed by atoms with Crippen molar-refractivity contribution in [2.45, 2.75) is 19.4 Å². The number of aryl methyl sites for hydroxylation is 2. The van der Waals surface area contributed by atoms with E-state index >= 15 is 0 Å². The number of aromatic nitrogens is 7. The molecule has 0 bridgehead atoms. The molecule has 2 fully saturated rings. The van der Waals surface area contributed by atoms with Crippen molar-refractivity contribution < 1.29 is 4.52 Å². The second kappa shape index (κ2) is 6.22. The van der Waals surface area contributed by atoms with Crippen LogP contribution in [0.5, 0.6) is 0 Å². The fraction of sp³-hybridized carbons (Fsp3) is 0.400. The fourth-order valence-corrected chi connectivity index (χ4v) is 4.65. The molecule has 0 N–H and O–H groups in total. The van der Waals surface area contributed by atoms with E-state index in [4.69, 9.17) is 4.52 Å². The molecule has 30 heavy (non-hydrogen) atoms. The van der Waals surface area contributed by atoms with Crippen molar-refractivity contribution in [3.8, 4) is 0 Å². The molecule has 0 spiro atoms. The summed E-state index contributed by atoms with van der Waals surface area (Å²) in [5.74, 6) is 2.57. The average Bonchev–Trinajstić information content (AvgIpc) is 3.16. The van der Waals surface area contributed by atoms with Crippen LogP contribution in [0.1, 0.15) is 23.3 Å². The predicted octanol–water partition coefficient (Wildman–Crippen LogP) is 1.11. The lowest BCUT2D eigenvalue weighted by Gasteiger charge is -2.21. The third kappa shape index (κ3) is 2.63. The van der Waals surface area contributed by atoms with E-state index in [1.54, 1.807) is 17.9 Å². The highest BCUT2D eigenvalue weighted by Gasteiger charge is 2.58. The van der Waals surface area contributed by atoms with Gasteiger partial charge < -0.3 is 14.0 Å². The van der Waals surface area contributed by atoms with Crippen LogP contribution in [-0.2, 0) is 13.6 Å². The van der Waals surface area contributed by atoms with E-state index in [0.29, 0.717) is 34.8 Å². The summed E-state index contributed by atoms with van der Waals surface area (Å²) in [5, 5.41) is 4.20. The number of rotatable bonds is 4. The van der Waals surface area contributed by atoms with Gasteiger partial charge in [0, 0.05) is 43.6 Å². The Morgan fingerprint density at radius 1 is 1.17 bits per heavy atom. The Morgan fingerprint density at radius 3 is 2.77 bits per heavy atom. The van der Waals surface area contributed by atoms with Gasteiger partial charge >= 0.3 is 0 Å². The fourth-order valence-electron chi connectivity index (χ4n) is 4.65. The summed E-state index contributed by atoms with van der Waals surface area (Å²) in [4.78, 5) is 32.3. The highest BCUT2D eigenvalue weighted by Crippen LogP contribution is 2.57. The maximum atomic E-state index is 12.7. The molecule has 10 nitrogen and oxygen atoms in total. The summed E-state index contributed by atoms with van der Waals surface area (Å²) in [7, 11) is 1.77. The predicted molar refractivity (Wildman–Crippen MR) is 107 cm³/mol. The summed E-state index contributed by atoms with van der Waals surface area (Å²) < 4.78 is 8.59. The summed E-state index contributed by atoms with van der Waals surface area (Å²) in [6.45, 7) is 4.19. The molecule has 0 aromatic carbocycles. The first-order chi connectivity index (χ1) is 14.6. The van der Waals surface area contributed by atoms with Crippen LogP contribution in [0.3, 0.4) is 0 Å². The summed E-state index contributed by atoms with van der Waals surface area (Å²) in [5.41, 5.74) is 2.97. The Hall–Kier alpha value is -3.56. The van der Waals surface area contributed by atoms with Gasteiger partial charge in [-0.05, 0) is 30.9 Å². The molecule has 5 heterocycles. The Balaban J connectivity index is 1.17. The standard InChI is InChI=1S/C20H20N8O2/c1-11-5-12(3-4-21-11)27-6-13-14(7-27)16(13)18-24-15(30-25-18)8-28-10-23-19-17(20(28)29)26(2)9-22-19/h3-5,9-10,13-14,16H,6-8H2,1-2H3/t13-,14+,16?. The number of nitrogens with zero attached hydrogens (tertiary/aromatic N) is 8. The van der Waals surface area contributed by atoms with Crippen molar-refractivity contribution in [2.75, 3.05) is 18.0 Å². The minimum Gasteiger partial charge on any atom is -0.371 e. The number of imidazole rings is 1. The van der Waals surface area contributed by atoms with E-state index in [-0.39, 0.29) is 12.1 Å². The van der Waals surface area contributed by atoms with E-state index in [1.165, 1.54) is 16.6 Å². The quantitative estimate of drug-likeness (QED) is 0.498. The molecule has 1 saturated heterocycles. The summed E-state index contributed by atoms with van der Waals surface area (Å²) in [6, 6.07) is 4.18. The summed E-state index contributed by atoms with van der Waals surface area (Å²) in [6.07, 6.45) is 4.91. The molecule has 152 valence electrons. The van der Waals surface area contributed by atoms with Crippen molar-refractivity contribution in [2.24, 2.45) is 18.9 Å². The van der Waals surface area contributed by atoms with Gasteiger partial charge in [0.1, 0.15) is 12.9 Å². The zero-order valence-electron chi connectivity index (χ0n) is 16.6. The van der Waals surface area contributed by atoms with Gasteiger partial charge in [-0.1, -0.05) is 5.16 Å². The molecule has 4 aromatic heterocycles. The van der Waals surface area contributed by atoms with Crippen LogP contribution >= 0.6 is 0 Å². The lowest BCUT2D eigenvalue weighted by atomic mass is 10.2. The van der Waals surface area contributed by atoms with Crippen LogP contribution in [0.15, 0.2) is 40.3 Å². The maximum absolute atomic E-state index is 12.7. The molecule has 3 atom stereocenters. The zero-order valence-corrected chi connectivity index (χ0v) is 16.6. The first-order valence-electron chi connectivity index (χ1n) is 9.95. The largest absolute Gasteiger partial charge is 0.371 e. The number of pyridine rings is 1. The smallest absolute Gasteiger partial charge is 0.280 e. The zero-order chi connectivity index (χ0) is 20.4. The Morgan fingerprint density at radius 2 is 1.97 bits per heavy atom. The van der Waals surface area contributed by atoms with Gasteiger partial charge in [-0.15, -0.1) is 0 Å². The second-order valence-corrected chi connectivity index (χ2v) is 8.17. The van der Waals surface area contributed by atoms with Crippen molar-refractivity contribution in [3.63, 3.8) is 0 Å². The normalized spacial score (nSPS) is 22.6. The van der Waals surface area contributed by atoms with Crippen molar-refractivity contribution >= 4 is 16.9 Å². The molecule has 0 amide bonds. The van der Waals surface area contributed by atoms with Gasteiger partial charge in [-0.2, -0.15) is 4.98 Å². The van der Waals surface area contributed by atoms with E-state index < -0.39 is 0 Å². The molecule has 6 rings (SSSR count). The SMILES string of the molecule is Cc1cc(N2C[C@@H]3C(c4noc(Cn5cnc6ncn(C)c6c5=O)n4)[C@@H]3C2)ccn1. The van der Waals surface area contributed by atoms with Crippen LogP contribution in [-0.4, -0.2) is 47.3 Å². The molecule has 1 saturated carbocycles. The first-order valence-corrected chi connectivity index (χ1v) is 9.95. The van der Waals surface area contributed by atoms with Crippen molar-refractivity contribution in [1.29, 1.82) is 0 Å². The Kier molecular flexibility index (Phi) is 3.59. The van der Waals surface area contributed by atoms with Crippen molar-refractivity contribution in [3.05, 3.63) is 58.7 Å². The minimum absolute atomic E-state index is 0.175. The highest BCUT2D eigenvalue weighted by atomic mass is 16.5. The van der Waals surface area contributed by atoms with E-state index in [0.717, 1.165) is 24.6 Å². The molecule has 1 aliphatic heterocycles. The van der Waals surface area contributed by atoms with E-state index in [2.05, 4.69) is 42.1 Å². The van der Waals surface area contributed by atoms with Crippen LogP contribution in [0.25, 0.3) is 11.2 Å². The van der Waals surface area contributed by atoms with Crippen LogP contribution < -0.4 is 10.5 Å². The first kappa shape index (κ1) is 17.3. The number of fused-ring (bicyclic) bond motifs is 2. The number of hydrogen-bond donors (Lipinski definition) is 0. The number of piperidine rings is 1. The molecule has 2 aliphatic rings. The maximum Gasteiger partial charge on any atom is 0.280 e. The summed E-state index contributed by atoms with van der Waals surface area (Å²) >= 11 is 0. The minimum atomic E-state index is -0.175.